The highest BCUT2D eigenvalue weighted by molar-refractivity contribution is 5.76. The van der Waals surface area contributed by atoms with Gasteiger partial charge in [0.2, 0.25) is 5.91 Å². The van der Waals surface area contributed by atoms with Crippen LogP contribution in [0.15, 0.2) is 52.3 Å². The van der Waals surface area contributed by atoms with E-state index in [0.29, 0.717) is 27.9 Å². The molecular weight excluding hydrogens is 375 g/mol. The maximum absolute atomic E-state index is 14.5. The molecule has 0 aliphatic heterocycles. The number of rotatable bonds is 6. The number of pyridine rings is 1. The van der Waals surface area contributed by atoms with Crippen LogP contribution in [0.3, 0.4) is 0 Å². The van der Waals surface area contributed by atoms with Crippen LogP contribution in [0.25, 0.3) is 11.1 Å². The van der Waals surface area contributed by atoms with Crippen LogP contribution in [0.4, 0.5) is 4.39 Å². The van der Waals surface area contributed by atoms with Crippen LogP contribution in [0.1, 0.15) is 23.2 Å². The molecule has 2 N–H and O–H groups in total. The molecule has 3 rings (SSSR count). The minimum atomic E-state index is -0.573. The average Bonchev–Trinajstić information content (AvgIpc) is 2.67. The molecule has 0 aliphatic rings. The van der Waals surface area contributed by atoms with Gasteiger partial charge >= 0.3 is 5.69 Å². The van der Waals surface area contributed by atoms with Crippen LogP contribution in [0.5, 0.6) is 0 Å². The van der Waals surface area contributed by atoms with E-state index in [1.54, 1.807) is 50.6 Å². The Morgan fingerprint density at radius 1 is 1.21 bits per heavy atom. The zero-order valence-corrected chi connectivity index (χ0v) is 16.2. The maximum Gasteiger partial charge on any atom is 0.325 e. The number of nitrogens with one attached hydrogen (secondary N) is 2. The minimum absolute atomic E-state index is 0.0999. The summed E-state index contributed by atoms with van der Waals surface area (Å²) in [6, 6.07) is 8.36. The molecule has 7 nitrogen and oxygen atoms in total. The van der Waals surface area contributed by atoms with E-state index >= 15 is 0 Å². The number of amides is 1. The molecule has 1 aromatic carbocycles. The predicted molar refractivity (Wildman–Crippen MR) is 107 cm³/mol. The molecule has 1 amide bonds. The third-order valence-corrected chi connectivity index (χ3v) is 4.70. The van der Waals surface area contributed by atoms with Gasteiger partial charge in [-0.25, -0.2) is 9.18 Å². The lowest BCUT2D eigenvalue weighted by Gasteiger charge is -2.18. The van der Waals surface area contributed by atoms with E-state index in [1.807, 2.05) is 0 Å². The lowest BCUT2D eigenvalue weighted by atomic mass is 10.0. The summed E-state index contributed by atoms with van der Waals surface area (Å²) in [7, 11) is 1.62. The van der Waals surface area contributed by atoms with Gasteiger partial charge in [0.1, 0.15) is 5.82 Å². The topological polar surface area (TPSA) is 98.9 Å². The molecular formula is C21H21FN4O3. The summed E-state index contributed by atoms with van der Waals surface area (Å²) >= 11 is 0. The van der Waals surface area contributed by atoms with Crippen molar-refractivity contribution in [1.82, 2.24) is 19.9 Å². The van der Waals surface area contributed by atoms with Gasteiger partial charge in [-0.15, -0.1) is 0 Å². The second-order valence-corrected chi connectivity index (χ2v) is 6.82. The predicted octanol–water partition coefficient (Wildman–Crippen LogP) is 2.16. The Bertz CT molecular complexity index is 1140. The zero-order valence-electron chi connectivity index (χ0n) is 16.2. The van der Waals surface area contributed by atoms with E-state index in [-0.39, 0.29) is 31.1 Å². The summed E-state index contributed by atoms with van der Waals surface area (Å²) in [5.74, 6) is -0.571. The molecule has 2 aromatic heterocycles. The van der Waals surface area contributed by atoms with Gasteiger partial charge in [0.25, 0.3) is 5.56 Å². The summed E-state index contributed by atoms with van der Waals surface area (Å²) in [6.07, 6.45) is 3.52. The third-order valence-electron chi connectivity index (χ3n) is 4.70. The fraction of sp³-hybridized carbons (Fsp3) is 0.238. The standard InChI is InChI=1S/C21H21FN4O3/c1-13-16(20(28)25-21(29)24-13)7-8-19(27)26(2)12-14-5-6-17(18(22)10-14)15-4-3-9-23-11-15/h3-6,9-11H,7-8,12H2,1-2H3,(H2,24,25,28,29). The molecule has 0 saturated carbocycles. The number of hydrogen-bond donors (Lipinski definition) is 2. The first-order chi connectivity index (χ1) is 13.8. The van der Waals surface area contributed by atoms with E-state index in [2.05, 4.69) is 15.0 Å². The van der Waals surface area contributed by atoms with Crippen LogP contribution in [-0.4, -0.2) is 32.8 Å². The summed E-state index contributed by atoms with van der Waals surface area (Å²) in [6.45, 7) is 1.86. The van der Waals surface area contributed by atoms with Gasteiger partial charge in [0, 0.05) is 54.8 Å². The lowest BCUT2D eigenvalue weighted by Crippen LogP contribution is -2.30. The summed E-state index contributed by atoms with van der Waals surface area (Å²) in [4.78, 5) is 45.7. The van der Waals surface area contributed by atoms with Crippen LogP contribution < -0.4 is 11.2 Å². The van der Waals surface area contributed by atoms with Crippen molar-refractivity contribution in [1.29, 1.82) is 0 Å². The van der Waals surface area contributed by atoms with Crippen molar-refractivity contribution >= 4 is 5.91 Å². The van der Waals surface area contributed by atoms with Crippen LogP contribution >= 0.6 is 0 Å². The van der Waals surface area contributed by atoms with Gasteiger partial charge < -0.3 is 9.88 Å². The van der Waals surface area contributed by atoms with Crippen molar-refractivity contribution in [2.75, 3.05) is 7.05 Å². The average molecular weight is 396 g/mol. The van der Waals surface area contributed by atoms with E-state index < -0.39 is 11.2 Å². The summed E-state index contributed by atoms with van der Waals surface area (Å²) < 4.78 is 14.5. The molecule has 150 valence electrons. The SMILES string of the molecule is Cc1[nH]c(=O)[nH]c(=O)c1CCC(=O)N(C)Cc1ccc(-c2cccnc2)c(F)c1. The molecule has 29 heavy (non-hydrogen) atoms. The molecule has 0 bridgehead atoms. The molecule has 0 fully saturated rings. The maximum atomic E-state index is 14.5. The number of benzene rings is 1. The molecule has 0 aliphatic carbocycles. The first-order valence-electron chi connectivity index (χ1n) is 9.10. The fourth-order valence-corrected chi connectivity index (χ4v) is 3.12. The molecule has 0 radical (unpaired) electrons. The number of nitrogens with zero attached hydrogens (tertiary/aromatic N) is 2. The number of aryl methyl sites for hydroxylation is 1. The second kappa shape index (κ2) is 8.64. The van der Waals surface area contributed by atoms with E-state index in [0.717, 1.165) is 0 Å². The first kappa shape index (κ1) is 20.2. The highest BCUT2D eigenvalue weighted by Gasteiger charge is 2.14. The monoisotopic (exact) mass is 396 g/mol. The number of carbonyl (C=O) groups is 1. The smallest absolute Gasteiger partial charge is 0.325 e. The highest BCUT2D eigenvalue weighted by Crippen LogP contribution is 2.23. The Labute approximate surface area is 166 Å². The Hall–Kier alpha value is -3.55. The van der Waals surface area contributed by atoms with Crippen LogP contribution in [-0.2, 0) is 17.8 Å². The van der Waals surface area contributed by atoms with E-state index in [1.165, 1.54) is 11.0 Å². The number of aromatic amines is 2. The number of carbonyl (C=O) groups excluding carboxylic acids is 1. The number of aromatic nitrogens is 3. The lowest BCUT2D eigenvalue weighted by molar-refractivity contribution is -0.130. The van der Waals surface area contributed by atoms with Crippen LogP contribution in [0, 0.1) is 12.7 Å². The Morgan fingerprint density at radius 3 is 2.66 bits per heavy atom. The Morgan fingerprint density at radius 2 is 2.00 bits per heavy atom. The van der Waals surface area contributed by atoms with E-state index in [9.17, 15) is 18.8 Å². The van der Waals surface area contributed by atoms with Crippen molar-refractivity contribution in [2.45, 2.75) is 26.3 Å². The van der Waals surface area contributed by atoms with Crippen molar-refractivity contribution in [2.24, 2.45) is 0 Å². The van der Waals surface area contributed by atoms with Crippen molar-refractivity contribution in [3.8, 4) is 11.1 Å². The number of halogens is 1. The number of H-pyrrole nitrogens is 2. The first-order valence-corrected chi connectivity index (χ1v) is 9.10. The van der Waals surface area contributed by atoms with Gasteiger partial charge in [0.05, 0.1) is 0 Å². The van der Waals surface area contributed by atoms with Gasteiger partial charge in [-0.2, -0.15) is 0 Å². The van der Waals surface area contributed by atoms with Gasteiger partial charge in [-0.05, 0) is 31.0 Å². The molecule has 8 heteroatoms. The molecule has 3 aromatic rings. The van der Waals surface area contributed by atoms with Crippen LogP contribution in [0.2, 0.25) is 0 Å². The third kappa shape index (κ3) is 4.84. The van der Waals surface area contributed by atoms with Crippen molar-refractivity contribution in [3.63, 3.8) is 0 Å². The Balaban J connectivity index is 1.65. The highest BCUT2D eigenvalue weighted by atomic mass is 19.1. The van der Waals surface area contributed by atoms with Gasteiger partial charge in [0.15, 0.2) is 0 Å². The minimum Gasteiger partial charge on any atom is -0.341 e. The normalized spacial score (nSPS) is 10.7. The Kier molecular flexibility index (Phi) is 6.01. The molecule has 2 heterocycles. The quantitative estimate of drug-likeness (QED) is 0.667. The molecule has 0 unspecified atom stereocenters. The summed E-state index contributed by atoms with van der Waals surface area (Å²) in [5.41, 5.74) is 1.54. The summed E-state index contributed by atoms with van der Waals surface area (Å²) in [5, 5.41) is 0. The van der Waals surface area contributed by atoms with Gasteiger partial charge in [-0.1, -0.05) is 18.2 Å². The van der Waals surface area contributed by atoms with Gasteiger partial charge in [-0.3, -0.25) is 19.6 Å². The molecule has 0 saturated heterocycles. The molecule has 0 spiro atoms. The number of hydrogen-bond acceptors (Lipinski definition) is 4. The van der Waals surface area contributed by atoms with Crippen molar-refractivity contribution in [3.05, 3.63) is 86.2 Å². The van der Waals surface area contributed by atoms with E-state index in [4.69, 9.17) is 0 Å². The zero-order chi connectivity index (χ0) is 21.0. The fourth-order valence-electron chi connectivity index (χ4n) is 3.12. The second-order valence-electron chi connectivity index (χ2n) is 6.82. The van der Waals surface area contributed by atoms with Crippen molar-refractivity contribution < 1.29 is 9.18 Å². The molecule has 0 atom stereocenters. The largest absolute Gasteiger partial charge is 0.341 e.